The maximum atomic E-state index is 5.25. The van der Waals surface area contributed by atoms with Crippen LogP contribution in [0.4, 0.5) is 0 Å². The van der Waals surface area contributed by atoms with Crippen molar-refractivity contribution < 1.29 is 4.74 Å². The van der Waals surface area contributed by atoms with Crippen molar-refractivity contribution in [2.24, 2.45) is 0 Å². The lowest BCUT2D eigenvalue weighted by Crippen LogP contribution is -2.27. The molecule has 0 heterocycles. The topological polar surface area (TPSA) is 12.5 Å². The molecular formula is C21H29NO. The highest BCUT2D eigenvalue weighted by atomic mass is 16.5. The maximum Gasteiger partial charge on any atom is 0.118 e. The third kappa shape index (κ3) is 6.45. The Labute approximate surface area is 141 Å². The SMILES string of the molecule is CCCCCN(CCc1ccccc1)Cc1ccc(OC)cc1. The summed E-state index contributed by atoms with van der Waals surface area (Å²) < 4.78 is 5.25. The average Bonchev–Trinajstić information content (AvgIpc) is 2.61. The van der Waals surface area contributed by atoms with Gasteiger partial charge < -0.3 is 4.74 Å². The zero-order valence-electron chi connectivity index (χ0n) is 14.5. The molecule has 2 heteroatoms. The number of rotatable bonds is 10. The van der Waals surface area contributed by atoms with Gasteiger partial charge in [-0.05, 0) is 42.6 Å². The van der Waals surface area contributed by atoms with E-state index < -0.39 is 0 Å². The first-order valence-corrected chi connectivity index (χ1v) is 8.71. The van der Waals surface area contributed by atoms with Crippen molar-refractivity contribution in [1.82, 2.24) is 4.90 Å². The molecule has 0 bridgehead atoms. The number of ether oxygens (including phenoxy) is 1. The number of hydrogen-bond donors (Lipinski definition) is 0. The summed E-state index contributed by atoms with van der Waals surface area (Å²) in [6, 6.07) is 19.2. The molecule has 0 N–H and O–H groups in total. The Hall–Kier alpha value is -1.80. The van der Waals surface area contributed by atoms with Crippen LogP contribution in [-0.4, -0.2) is 25.1 Å². The van der Waals surface area contributed by atoms with Crippen LogP contribution in [0.15, 0.2) is 54.6 Å². The zero-order chi connectivity index (χ0) is 16.3. The van der Waals surface area contributed by atoms with Crippen molar-refractivity contribution in [3.63, 3.8) is 0 Å². The molecule has 0 aromatic heterocycles. The minimum atomic E-state index is 0.926. The van der Waals surface area contributed by atoms with Gasteiger partial charge in [0.15, 0.2) is 0 Å². The van der Waals surface area contributed by atoms with E-state index in [9.17, 15) is 0 Å². The quantitative estimate of drug-likeness (QED) is 0.577. The number of nitrogens with zero attached hydrogens (tertiary/aromatic N) is 1. The molecule has 0 atom stereocenters. The van der Waals surface area contributed by atoms with Gasteiger partial charge in [-0.15, -0.1) is 0 Å². The molecule has 2 aromatic carbocycles. The van der Waals surface area contributed by atoms with Gasteiger partial charge in [0, 0.05) is 13.1 Å². The van der Waals surface area contributed by atoms with Crippen LogP contribution in [0, 0.1) is 0 Å². The molecular weight excluding hydrogens is 282 g/mol. The second-order valence-electron chi connectivity index (χ2n) is 6.07. The Morgan fingerprint density at radius 2 is 1.57 bits per heavy atom. The highest BCUT2D eigenvalue weighted by Gasteiger charge is 2.07. The molecule has 23 heavy (non-hydrogen) atoms. The fourth-order valence-electron chi connectivity index (χ4n) is 2.78. The number of methoxy groups -OCH3 is 1. The largest absolute Gasteiger partial charge is 0.497 e. The van der Waals surface area contributed by atoms with Crippen LogP contribution in [0.25, 0.3) is 0 Å². The number of benzene rings is 2. The van der Waals surface area contributed by atoms with Crippen LogP contribution in [0.5, 0.6) is 5.75 Å². The van der Waals surface area contributed by atoms with Gasteiger partial charge in [0.25, 0.3) is 0 Å². The van der Waals surface area contributed by atoms with Crippen LogP contribution >= 0.6 is 0 Å². The zero-order valence-corrected chi connectivity index (χ0v) is 14.5. The van der Waals surface area contributed by atoms with Crippen molar-refractivity contribution in [3.05, 3.63) is 65.7 Å². The second-order valence-corrected chi connectivity index (χ2v) is 6.07. The van der Waals surface area contributed by atoms with Crippen molar-refractivity contribution in [2.45, 2.75) is 39.2 Å². The van der Waals surface area contributed by atoms with E-state index in [0.717, 1.165) is 25.3 Å². The van der Waals surface area contributed by atoms with E-state index in [2.05, 4.69) is 66.4 Å². The van der Waals surface area contributed by atoms with Crippen molar-refractivity contribution >= 4 is 0 Å². The normalized spacial score (nSPS) is 10.9. The molecule has 0 spiro atoms. The Morgan fingerprint density at radius 3 is 2.22 bits per heavy atom. The number of unbranched alkanes of at least 4 members (excludes halogenated alkanes) is 2. The fraction of sp³-hybridized carbons (Fsp3) is 0.429. The van der Waals surface area contributed by atoms with E-state index in [-0.39, 0.29) is 0 Å². The maximum absolute atomic E-state index is 5.25. The summed E-state index contributed by atoms with van der Waals surface area (Å²) in [5, 5.41) is 0. The molecule has 0 aliphatic carbocycles. The molecule has 0 aliphatic heterocycles. The monoisotopic (exact) mass is 311 g/mol. The van der Waals surface area contributed by atoms with Gasteiger partial charge in [-0.1, -0.05) is 62.2 Å². The van der Waals surface area contributed by atoms with Crippen molar-refractivity contribution in [1.29, 1.82) is 0 Å². The van der Waals surface area contributed by atoms with Gasteiger partial charge >= 0.3 is 0 Å². The smallest absolute Gasteiger partial charge is 0.118 e. The highest BCUT2D eigenvalue weighted by molar-refractivity contribution is 5.27. The standard InChI is InChI=1S/C21H29NO/c1-3-4-8-16-22(17-15-19-9-6-5-7-10-19)18-20-11-13-21(23-2)14-12-20/h5-7,9-14H,3-4,8,15-18H2,1-2H3. The van der Waals surface area contributed by atoms with E-state index in [0.29, 0.717) is 0 Å². The molecule has 2 nitrogen and oxygen atoms in total. The predicted molar refractivity (Wildman–Crippen MR) is 97.9 cm³/mol. The number of hydrogen-bond acceptors (Lipinski definition) is 2. The van der Waals surface area contributed by atoms with Gasteiger partial charge in [0.05, 0.1) is 7.11 Å². The molecule has 0 radical (unpaired) electrons. The summed E-state index contributed by atoms with van der Waals surface area (Å²) in [5.41, 5.74) is 2.78. The fourth-order valence-corrected chi connectivity index (χ4v) is 2.78. The predicted octanol–water partition coefficient (Wildman–Crippen LogP) is 4.93. The first-order valence-electron chi connectivity index (χ1n) is 8.71. The van der Waals surface area contributed by atoms with Crippen molar-refractivity contribution in [3.8, 4) is 5.75 Å². The van der Waals surface area contributed by atoms with Gasteiger partial charge in [-0.3, -0.25) is 4.90 Å². The molecule has 2 rings (SSSR count). The second kappa shape index (κ2) is 10.1. The van der Waals surface area contributed by atoms with Crippen LogP contribution in [-0.2, 0) is 13.0 Å². The van der Waals surface area contributed by atoms with Crippen LogP contribution in [0.2, 0.25) is 0 Å². The molecule has 2 aromatic rings. The van der Waals surface area contributed by atoms with Gasteiger partial charge in [-0.25, -0.2) is 0 Å². The Balaban J connectivity index is 1.92. The first-order chi connectivity index (χ1) is 11.3. The van der Waals surface area contributed by atoms with Crippen LogP contribution < -0.4 is 4.74 Å². The third-order valence-electron chi connectivity index (χ3n) is 4.20. The molecule has 0 amide bonds. The Kier molecular flexibility index (Phi) is 7.68. The average molecular weight is 311 g/mol. The van der Waals surface area contributed by atoms with Gasteiger partial charge in [0.1, 0.15) is 5.75 Å². The molecule has 0 unspecified atom stereocenters. The first kappa shape index (κ1) is 17.6. The molecule has 0 saturated heterocycles. The summed E-state index contributed by atoms with van der Waals surface area (Å²) in [6.07, 6.45) is 4.98. The van der Waals surface area contributed by atoms with E-state index in [4.69, 9.17) is 4.74 Å². The summed E-state index contributed by atoms with van der Waals surface area (Å²) in [7, 11) is 1.71. The molecule has 0 fully saturated rings. The van der Waals surface area contributed by atoms with Crippen LogP contribution in [0.1, 0.15) is 37.3 Å². The molecule has 124 valence electrons. The summed E-state index contributed by atoms with van der Waals surface area (Å²) in [4.78, 5) is 2.57. The third-order valence-corrected chi connectivity index (χ3v) is 4.20. The van der Waals surface area contributed by atoms with E-state index in [1.54, 1.807) is 7.11 Å². The molecule has 0 aliphatic rings. The Bertz CT molecular complexity index is 536. The van der Waals surface area contributed by atoms with Gasteiger partial charge in [0.2, 0.25) is 0 Å². The van der Waals surface area contributed by atoms with E-state index in [1.807, 2.05) is 0 Å². The van der Waals surface area contributed by atoms with Gasteiger partial charge in [-0.2, -0.15) is 0 Å². The lowest BCUT2D eigenvalue weighted by atomic mass is 10.1. The Morgan fingerprint density at radius 1 is 0.826 bits per heavy atom. The molecule has 0 saturated carbocycles. The summed E-state index contributed by atoms with van der Waals surface area (Å²) >= 11 is 0. The van der Waals surface area contributed by atoms with Crippen LogP contribution in [0.3, 0.4) is 0 Å². The van der Waals surface area contributed by atoms with Crippen molar-refractivity contribution in [2.75, 3.05) is 20.2 Å². The lowest BCUT2D eigenvalue weighted by Gasteiger charge is -2.22. The summed E-state index contributed by atoms with van der Waals surface area (Å²) in [6.45, 7) is 5.56. The van der Waals surface area contributed by atoms with E-state index >= 15 is 0 Å². The summed E-state index contributed by atoms with van der Waals surface area (Å²) in [5.74, 6) is 0.926. The van der Waals surface area contributed by atoms with E-state index in [1.165, 1.54) is 36.9 Å². The lowest BCUT2D eigenvalue weighted by molar-refractivity contribution is 0.262. The minimum Gasteiger partial charge on any atom is -0.497 e. The minimum absolute atomic E-state index is 0.926. The highest BCUT2D eigenvalue weighted by Crippen LogP contribution is 2.14.